The number of carbonyl (C=O) groups is 1. The Balaban J connectivity index is 1.59. The van der Waals surface area contributed by atoms with E-state index in [2.05, 4.69) is 20.4 Å². The van der Waals surface area contributed by atoms with Crippen molar-refractivity contribution in [2.75, 3.05) is 21.4 Å². The van der Waals surface area contributed by atoms with Gasteiger partial charge in [0, 0.05) is 11.3 Å². The highest BCUT2D eigenvalue weighted by atomic mass is 32.2. The van der Waals surface area contributed by atoms with Gasteiger partial charge in [0.1, 0.15) is 5.75 Å². The molecule has 0 aromatic heterocycles. The second-order valence-corrected chi connectivity index (χ2v) is 10.0. The molecule has 3 aromatic rings. The molecule has 0 aliphatic carbocycles. The summed E-state index contributed by atoms with van der Waals surface area (Å²) < 4.78 is 25.5. The fourth-order valence-corrected chi connectivity index (χ4v) is 4.16. The van der Waals surface area contributed by atoms with E-state index < -0.39 is 10.0 Å². The molecule has 180 valence electrons. The predicted octanol–water partition coefficient (Wildman–Crippen LogP) is 4.24. The van der Waals surface area contributed by atoms with Crippen LogP contribution in [0, 0.1) is 13.8 Å². The second kappa shape index (κ2) is 9.22. The highest BCUT2D eigenvalue weighted by Gasteiger charge is 2.31. The molecule has 1 aliphatic rings. The van der Waals surface area contributed by atoms with Crippen LogP contribution in [0.25, 0.3) is 11.1 Å². The average molecular weight is 492 g/mol. The summed E-state index contributed by atoms with van der Waals surface area (Å²) in [6.45, 7) is 5.65. The highest BCUT2D eigenvalue weighted by molar-refractivity contribution is 7.92. The lowest BCUT2D eigenvalue weighted by molar-refractivity contribution is -0.112. The van der Waals surface area contributed by atoms with E-state index >= 15 is 0 Å². The summed E-state index contributed by atoms with van der Waals surface area (Å²) in [5.74, 6) is -0.479. The van der Waals surface area contributed by atoms with Crippen LogP contribution in [0.2, 0.25) is 0 Å². The SMILES string of the molecule is CC1=NN(c2ccc(C)c(C)c2)C(=O)/C1=N\Nc1cccc(-c2cccc(NS(C)(=O)=O)c2)c1O. The third-order valence-electron chi connectivity index (χ3n) is 5.52. The van der Waals surface area contributed by atoms with E-state index in [1.54, 1.807) is 49.4 Å². The molecular formula is C25H25N5O4S. The molecule has 10 heteroatoms. The summed E-state index contributed by atoms with van der Waals surface area (Å²) in [6.07, 6.45) is 1.07. The smallest absolute Gasteiger partial charge is 0.301 e. The molecule has 0 unspecified atom stereocenters. The first-order valence-corrected chi connectivity index (χ1v) is 12.6. The Labute approximate surface area is 203 Å². The summed E-state index contributed by atoms with van der Waals surface area (Å²) in [4.78, 5) is 13.0. The van der Waals surface area contributed by atoms with Gasteiger partial charge < -0.3 is 5.11 Å². The third kappa shape index (κ3) is 5.17. The predicted molar refractivity (Wildman–Crippen MR) is 140 cm³/mol. The molecule has 0 spiro atoms. The van der Waals surface area contributed by atoms with Crippen LogP contribution in [0.1, 0.15) is 18.1 Å². The molecule has 4 rings (SSSR count). The van der Waals surface area contributed by atoms with Crippen molar-refractivity contribution in [3.63, 3.8) is 0 Å². The summed E-state index contributed by atoms with van der Waals surface area (Å²) >= 11 is 0. The lowest BCUT2D eigenvalue weighted by Crippen LogP contribution is -2.28. The molecule has 1 aliphatic heterocycles. The molecule has 35 heavy (non-hydrogen) atoms. The van der Waals surface area contributed by atoms with E-state index in [0.717, 1.165) is 17.4 Å². The van der Waals surface area contributed by atoms with E-state index in [1.165, 1.54) is 5.01 Å². The normalized spacial score (nSPS) is 14.9. The Morgan fingerprint density at radius 1 is 0.971 bits per heavy atom. The number of hydrogen-bond donors (Lipinski definition) is 3. The number of rotatable bonds is 6. The Hall–Kier alpha value is -4.18. The fourth-order valence-electron chi connectivity index (χ4n) is 3.61. The van der Waals surface area contributed by atoms with Crippen molar-refractivity contribution in [1.82, 2.24) is 0 Å². The number of aryl methyl sites for hydroxylation is 2. The molecular weight excluding hydrogens is 466 g/mol. The van der Waals surface area contributed by atoms with E-state index in [1.807, 2.05) is 32.0 Å². The first-order valence-electron chi connectivity index (χ1n) is 10.7. The number of para-hydroxylation sites is 1. The lowest BCUT2D eigenvalue weighted by Gasteiger charge is -2.13. The maximum absolute atomic E-state index is 13.0. The number of hydrazone groups is 2. The molecule has 1 amide bonds. The van der Waals surface area contributed by atoms with Crippen LogP contribution in [0.4, 0.5) is 17.1 Å². The number of nitrogens with one attached hydrogen (secondary N) is 2. The standard InChI is InChI=1S/C25H25N5O4S/c1-15-11-12-20(13-16(15)2)30-25(32)23(17(3)28-30)27-26-22-10-6-9-21(24(22)31)18-7-5-8-19(14-18)29-35(4,33)34/h5-14,26,29,31H,1-4H3/b27-23-. The average Bonchev–Trinajstić information content (AvgIpc) is 3.07. The van der Waals surface area contributed by atoms with Gasteiger partial charge in [-0.05, 0) is 67.8 Å². The van der Waals surface area contributed by atoms with Gasteiger partial charge in [-0.1, -0.05) is 30.3 Å². The number of phenols is 1. The molecule has 3 aromatic carbocycles. The van der Waals surface area contributed by atoms with Crippen molar-refractivity contribution in [3.05, 3.63) is 71.8 Å². The van der Waals surface area contributed by atoms with Gasteiger partial charge in [0.25, 0.3) is 0 Å². The number of amides is 1. The molecule has 0 fully saturated rings. The zero-order valence-corrected chi connectivity index (χ0v) is 20.5. The van der Waals surface area contributed by atoms with Gasteiger partial charge in [-0.3, -0.25) is 14.9 Å². The van der Waals surface area contributed by atoms with Crippen LogP contribution in [0.5, 0.6) is 5.75 Å². The summed E-state index contributed by atoms with van der Waals surface area (Å²) in [7, 11) is -3.44. The number of carbonyl (C=O) groups excluding carboxylic acids is 1. The van der Waals surface area contributed by atoms with Crippen molar-refractivity contribution in [3.8, 4) is 16.9 Å². The Bertz CT molecular complexity index is 1500. The first-order chi connectivity index (χ1) is 16.5. The van der Waals surface area contributed by atoms with Crippen molar-refractivity contribution in [2.45, 2.75) is 20.8 Å². The largest absolute Gasteiger partial charge is 0.505 e. The number of phenolic OH excluding ortho intramolecular Hbond substituents is 1. The molecule has 1 heterocycles. The molecule has 0 atom stereocenters. The van der Waals surface area contributed by atoms with E-state index in [-0.39, 0.29) is 23.1 Å². The summed E-state index contributed by atoms with van der Waals surface area (Å²) in [6, 6.07) is 17.3. The minimum absolute atomic E-state index is 0.0978. The fraction of sp³-hybridized carbons (Fsp3) is 0.160. The van der Waals surface area contributed by atoms with Gasteiger partial charge in [0.2, 0.25) is 10.0 Å². The highest BCUT2D eigenvalue weighted by Crippen LogP contribution is 2.36. The van der Waals surface area contributed by atoms with Gasteiger partial charge >= 0.3 is 5.91 Å². The quantitative estimate of drug-likeness (QED) is 0.352. The van der Waals surface area contributed by atoms with Crippen molar-refractivity contribution in [1.29, 1.82) is 0 Å². The first kappa shape index (κ1) is 24.0. The topological polar surface area (TPSA) is 123 Å². The zero-order chi connectivity index (χ0) is 25.3. The number of benzene rings is 3. The van der Waals surface area contributed by atoms with Gasteiger partial charge in [0.15, 0.2) is 5.71 Å². The number of anilines is 3. The van der Waals surface area contributed by atoms with Crippen LogP contribution < -0.4 is 15.2 Å². The van der Waals surface area contributed by atoms with Gasteiger partial charge in [-0.2, -0.15) is 15.2 Å². The van der Waals surface area contributed by atoms with Crippen molar-refractivity contribution < 1.29 is 18.3 Å². The van der Waals surface area contributed by atoms with Crippen LogP contribution in [0.3, 0.4) is 0 Å². The van der Waals surface area contributed by atoms with Crippen LogP contribution in [-0.4, -0.2) is 37.1 Å². The summed E-state index contributed by atoms with van der Waals surface area (Å²) in [5.41, 5.74) is 7.87. The van der Waals surface area contributed by atoms with E-state index in [9.17, 15) is 18.3 Å². The second-order valence-electron chi connectivity index (χ2n) is 8.30. The van der Waals surface area contributed by atoms with E-state index in [0.29, 0.717) is 28.2 Å². The number of nitrogens with zero attached hydrogens (tertiary/aromatic N) is 3. The van der Waals surface area contributed by atoms with Gasteiger partial charge in [0.05, 0.1) is 23.3 Å². The molecule has 3 N–H and O–H groups in total. The van der Waals surface area contributed by atoms with Gasteiger partial charge in [-0.15, -0.1) is 0 Å². The van der Waals surface area contributed by atoms with Crippen molar-refractivity contribution >= 4 is 44.4 Å². The lowest BCUT2D eigenvalue weighted by atomic mass is 10.0. The molecule has 0 saturated heterocycles. The molecule has 0 bridgehead atoms. The Morgan fingerprint density at radius 2 is 1.71 bits per heavy atom. The minimum atomic E-state index is -3.44. The molecule has 9 nitrogen and oxygen atoms in total. The molecule has 0 radical (unpaired) electrons. The maximum Gasteiger partial charge on any atom is 0.301 e. The third-order valence-corrected chi connectivity index (χ3v) is 6.13. The molecule has 0 saturated carbocycles. The number of aromatic hydroxyl groups is 1. The number of hydrogen-bond acceptors (Lipinski definition) is 7. The minimum Gasteiger partial charge on any atom is -0.505 e. The summed E-state index contributed by atoms with van der Waals surface area (Å²) in [5, 5.41) is 20.7. The van der Waals surface area contributed by atoms with Gasteiger partial charge in [-0.25, -0.2) is 8.42 Å². The van der Waals surface area contributed by atoms with Crippen LogP contribution >= 0.6 is 0 Å². The van der Waals surface area contributed by atoms with E-state index in [4.69, 9.17) is 0 Å². The van der Waals surface area contributed by atoms with Crippen molar-refractivity contribution in [2.24, 2.45) is 10.2 Å². The van der Waals surface area contributed by atoms with Crippen LogP contribution in [-0.2, 0) is 14.8 Å². The van der Waals surface area contributed by atoms with Crippen LogP contribution in [0.15, 0.2) is 70.9 Å². The Kier molecular flexibility index (Phi) is 6.31. The number of sulfonamides is 1. The maximum atomic E-state index is 13.0. The monoisotopic (exact) mass is 491 g/mol. The Morgan fingerprint density at radius 3 is 2.43 bits per heavy atom. The zero-order valence-electron chi connectivity index (χ0n) is 19.7.